The molecule has 1 aliphatic heterocycles. The Balaban J connectivity index is 1.53. The van der Waals surface area contributed by atoms with Gasteiger partial charge in [0.25, 0.3) is 0 Å². The predicted octanol–water partition coefficient (Wildman–Crippen LogP) is 0.322. The summed E-state index contributed by atoms with van der Waals surface area (Å²) < 4.78 is 10.9. The fourth-order valence-corrected chi connectivity index (χ4v) is 3.29. The summed E-state index contributed by atoms with van der Waals surface area (Å²) in [6.07, 6.45) is 1.61. The van der Waals surface area contributed by atoms with Crippen molar-refractivity contribution in [1.29, 1.82) is 0 Å². The van der Waals surface area contributed by atoms with Crippen molar-refractivity contribution in [2.24, 2.45) is 0 Å². The summed E-state index contributed by atoms with van der Waals surface area (Å²) in [5, 5.41) is 5.85. The molecule has 0 spiro atoms. The van der Waals surface area contributed by atoms with Crippen LogP contribution in [0.25, 0.3) is 0 Å². The van der Waals surface area contributed by atoms with Gasteiger partial charge >= 0.3 is 11.8 Å². The number of halogens is 1. The van der Waals surface area contributed by atoms with E-state index in [0.29, 0.717) is 24.8 Å². The molecular formula is C19H23ClN3O4+. The highest BCUT2D eigenvalue weighted by atomic mass is 35.5. The second-order valence-electron chi connectivity index (χ2n) is 6.32. The Kier molecular flexibility index (Phi) is 6.86. The van der Waals surface area contributed by atoms with Crippen molar-refractivity contribution < 1.29 is 23.6 Å². The molecule has 8 heteroatoms. The smallest absolute Gasteiger partial charge is 0.309 e. The van der Waals surface area contributed by atoms with E-state index in [2.05, 4.69) is 10.6 Å². The second kappa shape index (κ2) is 9.55. The van der Waals surface area contributed by atoms with E-state index in [1.54, 1.807) is 18.4 Å². The predicted molar refractivity (Wildman–Crippen MR) is 99.3 cm³/mol. The van der Waals surface area contributed by atoms with Crippen LogP contribution in [0.2, 0.25) is 5.02 Å². The number of rotatable bonds is 6. The third kappa shape index (κ3) is 5.32. The Morgan fingerprint density at radius 3 is 2.52 bits per heavy atom. The van der Waals surface area contributed by atoms with Gasteiger partial charge in [-0.25, -0.2) is 0 Å². The molecule has 1 saturated heterocycles. The summed E-state index contributed by atoms with van der Waals surface area (Å²) in [5.41, 5.74) is 0.756. The zero-order chi connectivity index (χ0) is 19.1. The van der Waals surface area contributed by atoms with Gasteiger partial charge in [0.15, 0.2) is 11.8 Å². The van der Waals surface area contributed by atoms with Crippen LogP contribution in [0.15, 0.2) is 47.1 Å². The van der Waals surface area contributed by atoms with Crippen molar-refractivity contribution in [2.45, 2.75) is 12.6 Å². The number of carbonyl (C=O) groups excluding carboxylic acids is 2. The van der Waals surface area contributed by atoms with Crippen LogP contribution in [-0.2, 0) is 20.9 Å². The lowest BCUT2D eigenvalue weighted by Gasteiger charge is -2.30. The first-order valence-corrected chi connectivity index (χ1v) is 9.28. The van der Waals surface area contributed by atoms with Gasteiger partial charge in [-0.1, -0.05) is 29.8 Å². The molecule has 27 heavy (non-hydrogen) atoms. The number of carbonyl (C=O) groups is 2. The topological polar surface area (TPSA) is 85.0 Å². The SMILES string of the molecule is O=C(NCc1ccccc1Cl)C(=O)NC[C@@H](c1ccco1)[NH+]1CCOCC1. The number of nitrogens with one attached hydrogen (secondary N) is 3. The minimum Gasteiger partial charge on any atom is -0.463 e. The van der Waals surface area contributed by atoms with Crippen LogP contribution < -0.4 is 15.5 Å². The van der Waals surface area contributed by atoms with Gasteiger partial charge in [0, 0.05) is 11.6 Å². The van der Waals surface area contributed by atoms with Crippen molar-refractivity contribution in [3.05, 3.63) is 59.0 Å². The number of hydrogen-bond donors (Lipinski definition) is 3. The number of furan rings is 1. The summed E-state index contributed by atoms with van der Waals surface area (Å²) in [7, 11) is 0. The van der Waals surface area contributed by atoms with E-state index in [0.717, 1.165) is 24.4 Å². The highest BCUT2D eigenvalue weighted by molar-refractivity contribution is 6.35. The third-order valence-corrected chi connectivity index (χ3v) is 4.95. The summed E-state index contributed by atoms with van der Waals surface area (Å²) in [6, 6.07) is 10.8. The number of ether oxygens (including phenoxy) is 1. The van der Waals surface area contributed by atoms with Gasteiger partial charge in [0.2, 0.25) is 0 Å². The molecule has 0 bridgehead atoms. The lowest BCUT2D eigenvalue weighted by atomic mass is 10.1. The maximum Gasteiger partial charge on any atom is 0.309 e. The molecule has 2 aromatic rings. The van der Waals surface area contributed by atoms with E-state index in [1.807, 2.05) is 24.3 Å². The van der Waals surface area contributed by atoms with Gasteiger partial charge in [0.1, 0.15) is 13.1 Å². The molecule has 3 N–H and O–H groups in total. The largest absolute Gasteiger partial charge is 0.463 e. The molecule has 1 aromatic carbocycles. The molecule has 0 unspecified atom stereocenters. The summed E-state index contributed by atoms with van der Waals surface area (Å²) in [6.45, 7) is 3.47. The van der Waals surface area contributed by atoms with Crippen molar-refractivity contribution in [3.8, 4) is 0 Å². The van der Waals surface area contributed by atoms with Crippen molar-refractivity contribution in [3.63, 3.8) is 0 Å². The van der Waals surface area contributed by atoms with E-state index in [9.17, 15) is 9.59 Å². The first-order chi connectivity index (χ1) is 13.1. The molecule has 1 atom stereocenters. The summed E-state index contributed by atoms with van der Waals surface area (Å²) in [4.78, 5) is 25.5. The Morgan fingerprint density at radius 1 is 1.07 bits per heavy atom. The van der Waals surface area contributed by atoms with Crippen LogP contribution >= 0.6 is 11.6 Å². The van der Waals surface area contributed by atoms with Gasteiger partial charge < -0.3 is 24.7 Å². The normalized spacial score (nSPS) is 15.9. The number of hydrogen-bond acceptors (Lipinski definition) is 4. The van der Waals surface area contributed by atoms with Gasteiger partial charge in [-0.3, -0.25) is 9.59 Å². The number of benzene rings is 1. The molecule has 0 radical (unpaired) electrons. The highest BCUT2D eigenvalue weighted by Crippen LogP contribution is 2.14. The van der Waals surface area contributed by atoms with Crippen LogP contribution in [0.5, 0.6) is 0 Å². The number of morpholine rings is 1. The van der Waals surface area contributed by atoms with E-state index in [4.69, 9.17) is 20.8 Å². The molecule has 0 aliphatic carbocycles. The lowest BCUT2D eigenvalue weighted by molar-refractivity contribution is -0.938. The van der Waals surface area contributed by atoms with Crippen molar-refractivity contribution in [2.75, 3.05) is 32.8 Å². The summed E-state index contributed by atoms with van der Waals surface area (Å²) >= 11 is 6.06. The average molecular weight is 393 g/mol. The molecular weight excluding hydrogens is 370 g/mol. The van der Waals surface area contributed by atoms with E-state index in [1.165, 1.54) is 4.90 Å². The quantitative estimate of drug-likeness (QED) is 0.618. The van der Waals surface area contributed by atoms with Crippen molar-refractivity contribution in [1.82, 2.24) is 10.6 Å². The summed E-state index contributed by atoms with van der Waals surface area (Å²) in [5.74, 6) is -0.583. The molecule has 2 heterocycles. The van der Waals surface area contributed by atoms with Gasteiger partial charge in [-0.15, -0.1) is 0 Å². The molecule has 0 saturated carbocycles. The Hall–Kier alpha value is -2.35. The van der Waals surface area contributed by atoms with E-state index in [-0.39, 0.29) is 12.6 Å². The highest BCUT2D eigenvalue weighted by Gasteiger charge is 2.29. The monoisotopic (exact) mass is 392 g/mol. The fourth-order valence-electron chi connectivity index (χ4n) is 3.09. The minimum absolute atomic E-state index is 0.0655. The van der Waals surface area contributed by atoms with Gasteiger partial charge in [-0.05, 0) is 23.8 Å². The molecule has 144 valence electrons. The first-order valence-electron chi connectivity index (χ1n) is 8.90. The fraction of sp³-hybridized carbons (Fsp3) is 0.368. The molecule has 1 aromatic heterocycles. The number of quaternary nitrogens is 1. The third-order valence-electron chi connectivity index (χ3n) is 4.58. The Bertz CT molecular complexity index is 760. The maximum absolute atomic E-state index is 12.2. The van der Waals surface area contributed by atoms with E-state index < -0.39 is 11.8 Å². The van der Waals surface area contributed by atoms with Crippen LogP contribution in [0.3, 0.4) is 0 Å². The number of amides is 2. The lowest BCUT2D eigenvalue weighted by Crippen LogP contribution is -3.15. The van der Waals surface area contributed by atoms with Crippen LogP contribution in [0.1, 0.15) is 17.4 Å². The van der Waals surface area contributed by atoms with Gasteiger partial charge in [-0.2, -0.15) is 0 Å². The molecule has 1 aliphatic rings. The standard InChI is InChI=1S/C19H22ClN3O4/c20-15-5-2-1-4-14(15)12-21-18(24)19(25)22-13-16(17-6-3-9-27-17)23-7-10-26-11-8-23/h1-6,9,16H,7-8,10-13H2,(H,21,24)(H,22,25)/p+1/t16-/m0/s1. The first kappa shape index (κ1) is 19.4. The minimum atomic E-state index is -0.690. The van der Waals surface area contributed by atoms with Crippen LogP contribution in [-0.4, -0.2) is 44.7 Å². The van der Waals surface area contributed by atoms with Gasteiger partial charge in [0.05, 0.1) is 26.0 Å². The Labute approximate surface area is 162 Å². The average Bonchev–Trinajstić information content (AvgIpc) is 3.22. The molecule has 7 nitrogen and oxygen atoms in total. The second-order valence-corrected chi connectivity index (χ2v) is 6.73. The maximum atomic E-state index is 12.2. The zero-order valence-electron chi connectivity index (χ0n) is 14.9. The molecule has 3 rings (SSSR count). The molecule has 2 amide bonds. The molecule has 1 fully saturated rings. The van der Waals surface area contributed by atoms with Crippen LogP contribution in [0.4, 0.5) is 0 Å². The zero-order valence-corrected chi connectivity index (χ0v) is 15.6. The van der Waals surface area contributed by atoms with E-state index >= 15 is 0 Å². The van der Waals surface area contributed by atoms with Crippen LogP contribution in [0, 0.1) is 0 Å². The van der Waals surface area contributed by atoms with Crippen molar-refractivity contribution >= 4 is 23.4 Å². The Morgan fingerprint density at radius 2 is 1.81 bits per heavy atom.